The van der Waals surface area contributed by atoms with Crippen LogP contribution in [0.15, 0.2) is 111 Å². The van der Waals surface area contributed by atoms with Gasteiger partial charge in [0, 0.05) is 0 Å². The van der Waals surface area contributed by atoms with E-state index in [-0.39, 0.29) is 13.2 Å². The number of rotatable bonds is 12. The van der Waals surface area contributed by atoms with E-state index in [2.05, 4.69) is 0 Å². The van der Waals surface area contributed by atoms with E-state index in [1.54, 1.807) is 0 Å². The van der Waals surface area contributed by atoms with Crippen LogP contribution in [0.2, 0.25) is 0 Å². The molecule has 0 unspecified atom stereocenters. The van der Waals surface area contributed by atoms with Crippen LogP contribution in [0.5, 0.6) is 23.0 Å². The number of aryl methyl sites for hydroxylation is 4. The maximum Gasteiger partial charge on any atom is 0.459 e. The topological polar surface area (TPSA) is 92.5 Å². The minimum Gasteiger partial charge on any atom is -0.413 e. The lowest BCUT2D eigenvalue weighted by Gasteiger charge is -2.33. The van der Waals surface area contributed by atoms with Crippen LogP contribution in [0.25, 0.3) is 0 Å². The molecule has 0 fully saturated rings. The third kappa shape index (κ3) is 7.31. The zero-order valence-corrected chi connectivity index (χ0v) is 28.5. The van der Waals surface area contributed by atoms with Crippen molar-refractivity contribution in [2.24, 2.45) is 13.5 Å². The fourth-order valence-corrected chi connectivity index (χ4v) is 13.8. The van der Waals surface area contributed by atoms with Crippen LogP contribution in [0.3, 0.4) is 0 Å². The zero-order chi connectivity index (χ0) is 31.2. The summed E-state index contributed by atoms with van der Waals surface area (Å²) >= 11 is 0. The van der Waals surface area contributed by atoms with Crippen LogP contribution in [-0.4, -0.2) is 13.2 Å². The van der Waals surface area contributed by atoms with Crippen molar-refractivity contribution in [2.75, 3.05) is 13.2 Å². The van der Waals surface area contributed by atoms with Gasteiger partial charge in [0.1, 0.15) is 23.0 Å². The molecule has 0 amide bonds. The van der Waals surface area contributed by atoms with Crippen molar-refractivity contribution in [3.8, 4) is 23.0 Å². The van der Waals surface area contributed by atoms with Gasteiger partial charge in [0.2, 0.25) is 0 Å². The molecule has 0 aromatic heterocycles. The van der Waals surface area contributed by atoms with Crippen molar-refractivity contribution >= 4 is 23.0 Å². The van der Waals surface area contributed by atoms with Crippen LogP contribution >= 0.6 is 23.0 Å². The fourth-order valence-electron chi connectivity index (χ4n) is 4.29. The number of nitrogens with zero attached hydrogens (tertiary/aromatic N) is 3. The molecule has 5 rings (SSSR count). The van der Waals surface area contributed by atoms with Gasteiger partial charge in [-0.15, -0.1) is 9.03 Å². The van der Waals surface area contributed by atoms with Crippen LogP contribution in [0, 0.1) is 27.7 Å². The summed E-state index contributed by atoms with van der Waals surface area (Å²) in [5, 5.41) is 0. The lowest BCUT2D eigenvalue weighted by atomic mass is 10.2. The lowest BCUT2D eigenvalue weighted by molar-refractivity contribution is 0.259. The summed E-state index contributed by atoms with van der Waals surface area (Å²) < 4.78 is 55.3. The van der Waals surface area contributed by atoms with E-state index in [0.717, 1.165) is 22.3 Å². The standard InChI is InChI=1S/C32H38N3O6P3/c1-7-36-42(37-8-2)33-43(38-29-21-13-9-17-25(29)3,39-30-22-14-10-18-26(30)4)35-44(34-42,40-31-23-15-11-19-27(31)5)41-32-24-16-12-20-28(32)6/h9-24H,7-8H2,1-6H3. The Balaban J connectivity index is 1.87. The molecule has 232 valence electrons. The molecule has 12 heteroatoms. The van der Waals surface area contributed by atoms with Gasteiger partial charge in [-0.05, 0) is 88.1 Å². The zero-order valence-electron chi connectivity index (χ0n) is 25.8. The Morgan fingerprint density at radius 1 is 0.409 bits per heavy atom. The van der Waals surface area contributed by atoms with E-state index < -0.39 is 23.0 Å². The molecule has 4 aromatic carbocycles. The van der Waals surface area contributed by atoms with Gasteiger partial charge in [0.05, 0.1) is 13.2 Å². The van der Waals surface area contributed by atoms with Gasteiger partial charge in [0.15, 0.2) is 0 Å². The van der Waals surface area contributed by atoms with E-state index in [9.17, 15) is 0 Å². The van der Waals surface area contributed by atoms with Crippen molar-refractivity contribution in [3.05, 3.63) is 119 Å². The van der Waals surface area contributed by atoms with Gasteiger partial charge in [-0.1, -0.05) is 77.3 Å². The number of hydrogen-bond donors (Lipinski definition) is 0. The maximum absolute atomic E-state index is 6.80. The van der Waals surface area contributed by atoms with Crippen molar-refractivity contribution in [2.45, 2.75) is 41.5 Å². The van der Waals surface area contributed by atoms with E-state index in [0.29, 0.717) is 23.0 Å². The summed E-state index contributed by atoms with van der Waals surface area (Å²) in [6.07, 6.45) is 0. The molecule has 0 spiro atoms. The first-order chi connectivity index (χ1) is 21.2. The molecule has 9 nitrogen and oxygen atoms in total. The van der Waals surface area contributed by atoms with E-state index in [1.807, 2.05) is 139 Å². The molecule has 1 aliphatic rings. The number of benzene rings is 4. The second-order valence-corrected chi connectivity index (χ2v) is 16.3. The summed E-state index contributed by atoms with van der Waals surface area (Å²) in [6, 6.07) is 30.6. The van der Waals surface area contributed by atoms with Gasteiger partial charge in [-0.2, -0.15) is 0 Å². The Bertz CT molecular complexity index is 1600. The third-order valence-corrected chi connectivity index (χ3v) is 14.9. The second-order valence-electron chi connectivity index (χ2n) is 10.0. The van der Waals surface area contributed by atoms with E-state index >= 15 is 0 Å². The summed E-state index contributed by atoms with van der Waals surface area (Å²) in [5.74, 6) is 2.22. The third-order valence-electron chi connectivity index (χ3n) is 6.52. The molecule has 1 aliphatic heterocycles. The molecular weight excluding hydrogens is 615 g/mol. The summed E-state index contributed by atoms with van der Waals surface area (Å²) in [7, 11) is -11.0. The van der Waals surface area contributed by atoms with Crippen LogP contribution < -0.4 is 18.1 Å². The van der Waals surface area contributed by atoms with Gasteiger partial charge in [-0.3, -0.25) is 0 Å². The van der Waals surface area contributed by atoms with E-state index in [1.165, 1.54) is 0 Å². The highest BCUT2D eigenvalue weighted by Gasteiger charge is 2.47. The van der Waals surface area contributed by atoms with Crippen molar-refractivity contribution in [1.82, 2.24) is 0 Å². The molecule has 0 aliphatic carbocycles. The minimum atomic E-state index is -3.74. The highest BCUT2D eigenvalue weighted by molar-refractivity contribution is 7.78. The van der Waals surface area contributed by atoms with Crippen LogP contribution in [0.4, 0.5) is 0 Å². The molecule has 4 aromatic rings. The van der Waals surface area contributed by atoms with Gasteiger partial charge in [-0.25, -0.2) is 0 Å². The predicted octanol–water partition coefficient (Wildman–Crippen LogP) is 11.5. The highest BCUT2D eigenvalue weighted by Crippen LogP contribution is 2.79. The second kappa shape index (κ2) is 13.8. The van der Waals surface area contributed by atoms with Crippen LogP contribution in [-0.2, 0) is 9.05 Å². The van der Waals surface area contributed by atoms with Crippen molar-refractivity contribution in [1.29, 1.82) is 0 Å². The predicted molar refractivity (Wildman–Crippen MR) is 179 cm³/mol. The summed E-state index contributed by atoms with van der Waals surface area (Å²) in [6.45, 7) is 12.1. The highest BCUT2D eigenvalue weighted by atomic mass is 31.3. The van der Waals surface area contributed by atoms with Gasteiger partial charge >= 0.3 is 23.0 Å². The molecule has 0 atom stereocenters. The first-order valence-electron chi connectivity index (χ1n) is 14.4. The monoisotopic (exact) mass is 653 g/mol. The fraction of sp³-hybridized carbons (Fsp3) is 0.250. The molecule has 1 heterocycles. The maximum atomic E-state index is 6.80. The van der Waals surface area contributed by atoms with Crippen LogP contribution in [0.1, 0.15) is 36.1 Å². The molecular formula is C32H38N3O6P3. The Morgan fingerprint density at radius 3 is 0.932 bits per heavy atom. The van der Waals surface area contributed by atoms with Gasteiger partial charge in [0.25, 0.3) is 0 Å². The Morgan fingerprint density at radius 2 is 0.659 bits per heavy atom. The smallest absolute Gasteiger partial charge is 0.413 e. The number of hydrogen-bond acceptors (Lipinski definition) is 9. The quantitative estimate of drug-likeness (QED) is 0.141. The molecule has 0 N–H and O–H groups in total. The average molecular weight is 654 g/mol. The first-order valence-corrected chi connectivity index (χ1v) is 19.0. The van der Waals surface area contributed by atoms with Gasteiger partial charge < -0.3 is 27.1 Å². The normalized spacial score (nSPS) is 16.0. The Labute approximate surface area is 260 Å². The number of para-hydroxylation sites is 4. The molecule has 0 radical (unpaired) electrons. The lowest BCUT2D eigenvalue weighted by Crippen LogP contribution is -2.10. The molecule has 0 bridgehead atoms. The molecule has 0 saturated carbocycles. The summed E-state index contributed by atoms with van der Waals surface area (Å²) in [5.41, 5.74) is 3.53. The summed E-state index contributed by atoms with van der Waals surface area (Å²) in [4.78, 5) is 0. The SMILES string of the molecule is CCOP1(OCC)=NP(Oc2ccccc2C)(Oc2ccccc2C)=NP(Oc2ccccc2C)(Oc2ccccc2C)=N1. The first kappa shape index (κ1) is 32.1. The average Bonchev–Trinajstić information content (AvgIpc) is 2.98. The molecule has 0 saturated heterocycles. The van der Waals surface area contributed by atoms with E-state index in [4.69, 9.17) is 40.7 Å². The Kier molecular flexibility index (Phi) is 10.0. The Hall–Kier alpha value is -3.31. The van der Waals surface area contributed by atoms with Crippen molar-refractivity contribution < 1.29 is 27.1 Å². The minimum absolute atomic E-state index is 0.268. The largest absolute Gasteiger partial charge is 0.459 e. The van der Waals surface area contributed by atoms with Crippen molar-refractivity contribution in [3.63, 3.8) is 0 Å². The molecule has 44 heavy (non-hydrogen) atoms.